The van der Waals surface area contributed by atoms with E-state index in [-0.39, 0.29) is 23.1 Å². The van der Waals surface area contributed by atoms with Gasteiger partial charge in [-0.15, -0.1) is 0 Å². The summed E-state index contributed by atoms with van der Waals surface area (Å²) in [5.41, 5.74) is 1.29. The summed E-state index contributed by atoms with van der Waals surface area (Å²) in [6, 6.07) is 19.5. The van der Waals surface area contributed by atoms with Gasteiger partial charge >= 0.3 is 0 Å². The lowest BCUT2D eigenvalue weighted by Crippen LogP contribution is -2.35. The molecule has 0 bridgehead atoms. The van der Waals surface area contributed by atoms with Crippen LogP contribution in [0.4, 0.5) is 11.4 Å². The molecule has 0 aliphatic heterocycles. The van der Waals surface area contributed by atoms with Crippen LogP contribution in [0.5, 0.6) is 0 Å². The molecule has 0 aromatic heterocycles. The van der Waals surface area contributed by atoms with Crippen molar-refractivity contribution in [1.29, 1.82) is 0 Å². The Morgan fingerprint density at radius 2 is 1.77 bits per heavy atom. The normalized spacial score (nSPS) is 10.3. The monoisotopic (exact) mass is 365 g/mol. The second-order valence-electron chi connectivity index (χ2n) is 5.62. The van der Waals surface area contributed by atoms with Crippen LogP contribution in [0, 0.1) is 10.1 Å². The van der Waals surface area contributed by atoms with Gasteiger partial charge in [0.05, 0.1) is 11.3 Å². The van der Waals surface area contributed by atoms with E-state index in [2.05, 4.69) is 10.6 Å². The molecule has 130 valence electrons. The minimum Gasteiger partial charge on any atom is -0.332 e. The van der Waals surface area contributed by atoms with Crippen LogP contribution in [-0.4, -0.2) is 15.9 Å². The molecule has 2 N–H and O–H groups in total. The predicted molar refractivity (Wildman–Crippen MR) is 105 cm³/mol. The predicted octanol–water partition coefficient (Wildman–Crippen LogP) is 3.80. The first-order valence-corrected chi connectivity index (χ1v) is 8.26. The molecule has 3 rings (SSSR count). The Balaban J connectivity index is 1.65. The van der Waals surface area contributed by atoms with Crippen LogP contribution in [0.1, 0.15) is 5.56 Å². The Kier molecular flexibility index (Phi) is 5.19. The summed E-state index contributed by atoms with van der Waals surface area (Å²) in [7, 11) is 0. The van der Waals surface area contributed by atoms with Crippen LogP contribution in [0.15, 0.2) is 66.7 Å². The molecule has 0 aliphatic rings. The number of nitro benzene ring substituents is 1. The molecule has 3 aromatic carbocycles. The van der Waals surface area contributed by atoms with Crippen LogP contribution in [0.2, 0.25) is 0 Å². The summed E-state index contributed by atoms with van der Waals surface area (Å²) in [4.78, 5) is 22.6. The maximum Gasteiger partial charge on any atom is 0.271 e. The third-order valence-corrected chi connectivity index (χ3v) is 4.00. The minimum atomic E-state index is -0.493. The SMILES string of the molecule is O=C(Cc1cccc2ccccc12)NC(=S)Nc1cccc([N+](=O)[O-])c1. The number of hydrogen-bond acceptors (Lipinski definition) is 4. The lowest BCUT2D eigenvalue weighted by molar-refractivity contribution is -0.384. The van der Waals surface area contributed by atoms with Crippen molar-refractivity contribution in [1.82, 2.24) is 5.32 Å². The number of nitro groups is 1. The zero-order chi connectivity index (χ0) is 18.5. The van der Waals surface area contributed by atoms with Crippen LogP contribution in [0.25, 0.3) is 10.8 Å². The molecule has 26 heavy (non-hydrogen) atoms. The second-order valence-corrected chi connectivity index (χ2v) is 6.03. The number of carbonyl (C=O) groups excluding carboxylic acids is 1. The lowest BCUT2D eigenvalue weighted by Gasteiger charge is -2.10. The van der Waals surface area contributed by atoms with Crippen LogP contribution < -0.4 is 10.6 Å². The highest BCUT2D eigenvalue weighted by Gasteiger charge is 2.10. The number of thiocarbonyl (C=S) groups is 1. The smallest absolute Gasteiger partial charge is 0.271 e. The average Bonchev–Trinajstić information content (AvgIpc) is 2.62. The van der Waals surface area contributed by atoms with Crippen molar-refractivity contribution in [3.8, 4) is 0 Å². The van der Waals surface area contributed by atoms with E-state index >= 15 is 0 Å². The van der Waals surface area contributed by atoms with Gasteiger partial charge in [-0.2, -0.15) is 0 Å². The summed E-state index contributed by atoms with van der Waals surface area (Å²) in [5, 5.41) is 18.4. The molecular formula is C19H15N3O3S. The first-order valence-electron chi connectivity index (χ1n) is 7.85. The summed E-state index contributed by atoms with van der Waals surface area (Å²) in [5.74, 6) is -0.260. The van der Waals surface area contributed by atoms with Gasteiger partial charge in [0, 0.05) is 17.8 Å². The third-order valence-electron chi connectivity index (χ3n) is 3.80. The van der Waals surface area contributed by atoms with Gasteiger partial charge in [0.25, 0.3) is 5.69 Å². The van der Waals surface area contributed by atoms with Gasteiger partial charge in [-0.1, -0.05) is 48.5 Å². The average molecular weight is 365 g/mol. The number of anilines is 1. The molecule has 0 radical (unpaired) electrons. The Hall–Kier alpha value is -3.32. The second kappa shape index (κ2) is 7.71. The Labute approximate surface area is 155 Å². The van der Waals surface area contributed by atoms with Crippen molar-refractivity contribution in [3.63, 3.8) is 0 Å². The number of benzene rings is 3. The molecule has 0 heterocycles. The summed E-state index contributed by atoms with van der Waals surface area (Å²) < 4.78 is 0. The van der Waals surface area contributed by atoms with E-state index in [0.29, 0.717) is 5.69 Å². The number of fused-ring (bicyclic) bond motifs is 1. The van der Waals surface area contributed by atoms with Gasteiger partial charge in [-0.25, -0.2) is 0 Å². The maximum atomic E-state index is 12.3. The Bertz CT molecular complexity index is 999. The van der Waals surface area contributed by atoms with Gasteiger partial charge in [0.15, 0.2) is 5.11 Å². The zero-order valence-electron chi connectivity index (χ0n) is 13.6. The van der Waals surface area contributed by atoms with Crippen LogP contribution in [-0.2, 0) is 11.2 Å². The quantitative estimate of drug-likeness (QED) is 0.417. The number of amides is 1. The zero-order valence-corrected chi connectivity index (χ0v) is 14.5. The number of hydrogen-bond donors (Lipinski definition) is 2. The molecule has 0 saturated heterocycles. The molecule has 0 fully saturated rings. The van der Waals surface area contributed by atoms with Gasteiger partial charge in [0.2, 0.25) is 5.91 Å². The van der Waals surface area contributed by atoms with Crippen LogP contribution >= 0.6 is 12.2 Å². The van der Waals surface area contributed by atoms with Crippen molar-refractivity contribution >= 4 is 45.4 Å². The summed E-state index contributed by atoms with van der Waals surface area (Å²) in [6.45, 7) is 0. The minimum absolute atomic E-state index is 0.0557. The van der Waals surface area contributed by atoms with E-state index in [1.54, 1.807) is 12.1 Å². The molecule has 0 unspecified atom stereocenters. The molecular weight excluding hydrogens is 350 g/mol. The first-order chi connectivity index (χ1) is 12.5. The number of carbonyl (C=O) groups is 1. The largest absolute Gasteiger partial charge is 0.332 e. The van der Waals surface area contributed by atoms with Crippen molar-refractivity contribution in [3.05, 3.63) is 82.4 Å². The molecule has 0 aliphatic carbocycles. The van der Waals surface area contributed by atoms with Crippen LogP contribution in [0.3, 0.4) is 0 Å². The van der Waals surface area contributed by atoms with Gasteiger partial charge < -0.3 is 10.6 Å². The summed E-state index contributed by atoms with van der Waals surface area (Å²) in [6.07, 6.45) is 0.179. The van der Waals surface area contributed by atoms with Crippen molar-refractivity contribution in [2.75, 3.05) is 5.32 Å². The number of non-ortho nitro benzene ring substituents is 1. The van der Waals surface area contributed by atoms with Gasteiger partial charge in [-0.3, -0.25) is 14.9 Å². The summed E-state index contributed by atoms with van der Waals surface area (Å²) >= 11 is 5.12. The van der Waals surface area contributed by atoms with Crippen molar-refractivity contribution in [2.24, 2.45) is 0 Å². The van der Waals surface area contributed by atoms with E-state index < -0.39 is 4.92 Å². The van der Waals surface area contributed by atoms with E-state index in [1.165, 1.54) is 12.1 Å². The van der Waals surface area contributed by atoms with E-state index in [9.17, 15) is 14.9 Å². The van der Waals surface area contributed by atoms with Gasteiger partial charge in [-0.05, 0) is 34.6 Å². The number of nitrogens with zero attached hydrogens (tertiary/aromatic N) is 1. The standard InChI is InChI=1S/C19H15N3O3S/c23-18(11-14-7-3-6-13-5-1-2-10-17(13)14)21-19(26)20-15-8-4-9-16(12-15)22(24)25/h1-10,12H,11H2,(H2,20,21,23,26). The molecule has 0 atom stereocenters. The van der Waals surface area contributed by atoms with E-state index in [0.717, 1.165) is 16.3 Å². The molecule has 0 spiro atoms. The highest BCUT2D eigenvalue weighted by Crippen LogP contribution is 2.19. The van der Waals surface area contributed by atoms with Crippen molar-refractivity contribution < 1.29 is 9.72 Å². The van der Waals surface area contributed by atoms with E-state index in [4.69, 9.17) is 12.2 Å². The molecule has 0 saturated carbocycles. The topological polar surface area (TPSA) is 84.3 Å². The van der Waals surface area contributed by atoms with Crippen molar-refractivity contribution in [2.45, 2.75) is 6.42 Å². The lowest BCUT2D eigenvalue weighted by atomic mass is 10.0. The Morgan fingerprint density at radius 1 is 1.04 bits per heavy atom. The fourth-order valence-corrected chi connectivity index (χ4v) is 2.88. The van der Waals surface area contributed by atoms with Gasteiger partial charge in [0.1, 0.15) is 0 Å². The fraction of sp³-hybridized carbons (Fsp3) is 0.0526. The number of nitrogens with one attached hydrogen (secondary N) is 2. The molecule has 1 amide bonds. The van der Waals surface area contributed by atoms with E-state index in [1.807, 2.05) is 42.5 Å². The molecule has 7 heteroatoms. The third kappa shape index (κ3) is 4.20. The fourth-order valence-electron chi connectivity index (χ4n) is 2.65. The number of rotatable bonds is 4. The highest BCUT2D eigenvalue weighted by molar-refractivity contribution is 7.80. The first kappa shape index (κ1) is 17.5. The Morgan fingerprint density at radius 3 is 2.58 bits per heavy atom. The molecule has 6 nitrogen and oxygen atoms in total. The molecule has 3 aromatic rings. The highest BCUT2D eigenvalue weighted by atomic mass is 32.1. The maximum absolute atomic E-state index is 12.3.